The fourth-order valence-corrected chi connectivity index (χ4v) is 2.91. The molecule has 26 heavy (non-hydrogen) atoms. The Hall–Kier alpha value is -2.42. The summed E-state index contributed by atoms with van der Waals surface area (Å²) < 4.78 is 26.3. The number of amides is 1. The minimum Gasteiger partial charge on any atom is -0.505 e. The van der Waals surface area contributed by atoms with Crippen LogP contribution in [-0.4, -0.2) is 17.4 Å². The number of aliphatic imine (C=N–C) groups is 1. The largest absolute Gasteiger partial charge is 0.505 e. The van der Waals surface area contributed by atoms with Crippen molar-refractivity contribution < 1.29 is 18.7 Å². The summed E-state index contributed by atoms with van der Waals surface area (Å²) in [4.78, 5) is 16.9. The molecule has 1 heterocycles. The molecule has 10 heteroatoms. The molecule has 0 spiro atoms. The highest BCUT2D eigenvalue weighted by molar-refractivity contribution is 6.37. The van der Waals surface area contributed by atoms with Gasteiger partial charge in [0.15, 0.2) is 17.4 Å². The number of nitrogens with one attached hydrogen (secondary N) is 3. The summed E-state index contributed by atoms with van der Waals surface area (Å²) in [5.41, 5.74) is 4.34. The van der Waals surface area contributed by atoms with Gasteiger partial charge in [-0.3, -0.25) is 4.79 Å². The first-order valence-electron chi connectivity index (χ1n) is 7.30. The van der Waals surface area contributed by atoms with Crippen molar-refractivity contribution in [3.63, 3.8) is 0 Å². The molecule has 6 nitrogen and oxygen atoms in total. The summed E-state index contributed by atoms with van der Waals surface area (Å²) in [6.45, 7) is -0.0610. The first-order chi connectivity index (χ1) is 12.3. The first-order valence-corrected chi connectivity index (χ1v) is 8.06. The van der Waals surface area contributed by atoms with Crippen molar-refractivity contribution in [2.45, 2.75) is 12.2 Å². The number of benzene rings is 2. The van der Waals surface area contributed by atoms with Crippen LogP contribution in [0.2, 0.25) is 10.0 Å². The van der Waals surface area contributed by atoms with Crippen molar-refractivity contribution in [2.24, 2.45) is 4.99 Å². The molecule has 2 aromatic carbocycles. The van der Waals surface area contributed by atoms with Crippen LogP contribution < -0.4 is 16.2 Å². The Balaban J connectivity index is 1.86. The summed E-state index contributed by atoms with van der Waals surface area (Å²) in [5, 5.41) is 12.2. The van der Waals surface area contributed by atoms with E-state index in [0.29, 0.717) is 5.56 Å². The highest BCUT2D eigenvalue weighted by Gasteiger charge is 2.42. The molecule has 0 radical (unpaired) electrons. The van der Waals surface area contributed by atoms with Crippen molar-refractivity contribution in [2.75, 3.05) is 0 Å². The number of carbonyl (C=O) groups excluding carboxylic acids is 1. The van der Waals surface area contributed by atoms with Crippen molar-refractivity contribution in [3.05, 3.63) is 63.1 Å². The third-order valence-corrected chi connectivity index (χ3v) is 4.35. The zero-order chi connectivity index (χ0) is 18.9. The molecular weight excluding hydrogens is 389 g/mol. The standard InChI is InChI=1S/C16H12Cl2F2N4O2/c17-10-4-9(5-11(18)14(10)25)16(22-7-23-24-16)15(26)21-6-8-1-2-12(19)13(20)3-8/h1-5,7,24-25H,6H2,(H,21,26)(H,22,23). The lowest BCUT2D eigenvalue weighted by atomic mass is 9.99. The number of hydrogen-bond acceptors (Lipinski definition) is 5. The van der Waals surface area contributed by atoms with Crippen molar-refractivity contribution in [1.29, 1.82) is 0 Å². The molecule has 2 aromatic rings. The Labute approximate surface area is 156 Å². The van der Waals surface area contributed by atoms with E-state index in [1.54, 1.807) is 0 Å². The monoisotopic (exact) mass is 400 g/mol. The lowest BCUT2D eigenvalue weighted by Crippen LogP contribution is -2.53. The van der Waals surface area contributed by atoms with Crippen molar-refractivity contribution >= 4 is 35.4 Å². The number of phenolic OH excluding ortho intramolecular Hbond substituents is 1. The van der Waals surface area contributed by atoms with Gasteiger partial charge in [-0.1, -0.05) is 29.3 Å². The van der Waals surface area contributed by atoms with Gasteiger partial charge < -0.3 is 15.8 Å². The van der Waals surface area contributed by atoms with Crippen LogP contribution in [0.25, 0.3) is 0 Å². The van der Waals surface area contributed by atoms with E-state index in [1.165, 1.54) is 24.5 Å². The minimum absolute atomic E-state index is 0.0517. The zero-order valence-electron chi connectivity index (χ0n) is 13.0. The van der Waals surface area contributed by atoms with E-state index in [0.717, 1.165) is 12.1 Å². The zero-order valence-corrected chi connectivity index (χ0v) is 14.5. The lowest BCUT2D eigenvalue weighted by Gasteiger charge is -2.26. The predicted molar refractivity (Wildman–Crippen MR) is 92.8 cm³/mol. The number of aromatic hydroxyl groups is 1. The Morgan fingerprint density at radius 2 is 1.88 bits per heavy atom. The fourth-order valence-electron chi connectivity index (χ4n) is 2.43. The Kier molecular flexibility index (Phi) is 4.99. The first kappa shape index (κ1) is 18.4. The average Bonchev–Trinajstić information content (AvgIpc) is 3.11. The molecule has 0 fully saturated rings. The molecule has 4 N–H and O–H groups in total. The summed E-state index contributed by atoms with van der Waals surface area (Å²) in [5.74, 6) is -2.90. The molecule has 3 rings (SSSR count). The SMILES string of the molecule is O=C(NCc1ccc(F)c(F)c1)C1(c2cc(Cl)c(O)c(Cl)c2)N=CNN1. The molecule has 136 valence electrons. The van der Waals surface area contributed by atoms with Crippen LogP contribution in [0.5, 0.6) is 5.75 Å². The summed E-state index contributed by atoms with van der Waals surface area (Å²) >= 11 is 11.9. The van der Waals surface area contributed by atoms with Crippen LogP contribution in [0, 0.1) is 11.6 Å². The third kappa shape index (κ3) is 3.31. The molecule has 0 bridgehead atoms. The average molecular weight is 401 g/mol. The van der Waals surface area contributed by atoms with Gasteiger partial charge in [0, 0.05) is 12.1 Å². The number of hydrazine groups is 1. The highest BCUT2D eigenvalue weighted by atomic mass is 35.5. The van der Waals surface area contributed by atoms with Crippen LogP contribution in [0.3, 0.4) is 0 Å². The molecule has 0 saturated carbocycles. The van der Waals surface area contributed by atoms with Gasteiger partial charge in [-0.15, -0.1) is 0 Å². The molecule has 0 aromatic heterocycles. The summed E-state index contributed by atoms with van der Waals surface area (Å²) in [7, 11) is 0. The Morgan fingerprint density at radius 1 is 1.19 bits per heavy atom. The normalized spacial score (nSPS) is 18.6. The number of hydrogen-bond donors (Lipinski definition) is 4. The Bertz CT molecular complexity index is 887. The molecule has 1 unspecified atom stereocenters. The lowest BCUT2D eigenvalue weighted by molar-refractivity contribution is -0.127. The number of halogens is 4. The topological polar surface area (TPSA) is 85.8 Å². The number of phenols is 1. The second-order valence-corrected chi connectivity index (χ2v) is 6.27. The van der Waals surface area contributed by atoms with Gasteiger partial charge in [0.1, 0.15) is 6.34 Å². The van der Waals surface area contributed by atoms with E-state index in [1.807, 2.05) is 0 Å². The quantitative estimate of drug-likeness (QED) is 0.635. The van der Waals surface area contributed by atoms with Crippen LogP contribution in [-0.2, 0) is 17.0 Å². The maximum Gasteiger partial charge on any atom is 0.269 e. The van der Waals surface area contributed by atoms with Crippen LogP contribution >= 0.6 is 23.2 Å². The second kappa shape index (κ2) is 7.06. The number of carbonyl (C=O) groups is 1. The van der Waals surface area contributed by atoms with E-state index in [9.17, 15) is 18.7 Å². The van der Waals surface area contributed by atoms with E-state index in [2.05, 4.69) is 21.2 Å². The summed E-state index contributed by atoms with van der Waals surface area (Å²) in [6.07, 6.45) is 1.27. The predicted octanol–water partition coefficient (Wildman–Crippen LogP) is 2.58. The second-order valence-electron chi connectivity index (χ2n) is 5.46. The molecule has 1 aliphatic rings. The molecule has 0 saturated heterocycles. The van der Waals surface area contributed by atoms with E-state index < -0.39 is 23.2 Å². The molecule has 1 amide bonds. The molecule has 0 aliphatic carbocycles. The fraction of sp³-hybridized carbons (Fsp3) is 0.125. The number of nitrogens with zero attached hydrogens (tertiary/aromatic N) is 1. The molecule has 1 atom stereocenters. The Morgan fingerprint density at radius 3 is 2.46 bits per heavy atom. The number of rotatable bonds is 4. The van der Waals surface area contributed by atoms with Gasteiger partial charge in [-0.05, 0) is 29.8 Å². The summed E-state index contributed by atoms with van der Waals surface area (Å²) in [6, 6.07) is 6.00. The minimum atomic E-state index is -1.60. The van der Waals surface area contributed by atoms with Gasteiger partial charge in [0.2, 0.25) is 5.66 Å². The van der Waals surface area contributed by atoms with Gasteiger partial charge >= 0.3 is 0 Å². The van der Waals surface area contributed by atoms with E-state index >= 15 is 0 Å². The third-order valence-electron chi connectivity index (χ3n) is 3.78. The highest BCUT2D eigenvalue weighted by Crippen LogP contribution is 2.37. The van der Waals surface area contributed by atoms with Crippen molar-refractivity contribution in [1.82, 2.24) is 16.2 Å². The molecular formula is C16H12Cl2F2N4O2. The van der Waals surface area contributed by atoms with Gasteiger partial charge in [0.05, 0.1) is 10.0 Å². The maximum atomic E-state index is 13.3. The van der Waals surface area contributed by atoms with Gasteiger partial charge in [-0.25, -0.2) is 13.8 Å². The van der Waals surface area contributed by atoms with Crippen LogP contribution in [0.15, 0.2) is 35.3 Å². The van der Waals surface area contributed by atoms with Crippen LogP contribution in [0.4, 0.5) is 8.78 Å². The van der Waals surface area contributed by atoms with Gasteiger partial charge in [-0.2, -0.15) is 5.43 Å². The van der Waals surface area contributed by atoms with E-state index in [-0.39, 0.29) is 27.9 Å². The van der Waals surface area contributed by atoms with Crippen LogP contribution in [0.1, 0.15) is 11.1 Å². The molecule has 1 aliphatic heterocycles. The maximum absolute atomic E-state index is 13.3. The van der Waals surface area contributed by atoms with Gasteiger partial charge in [0.25, 0.3) is 5.91 Å². The smallest absolute Gasteiger partial charge is 0.269 e. The van der Waals surface area contributed by atoms with E-state index in [4.69, 9.17) is 23.2 Å². The van der Waals surface area contributed by atoms with Crippen molar-refractivity contribution in [3.8, 4) is 5.75 Å².